The Bertz CT molecular complexity index is 299. The number of aliphatic hydroxyl groups is 1. The molecule has 0 bridgehead atoms. The molecule has 0 spiro atoms. The van der Waals surface area contributed by atoms with Crippen molar-refractivity contribution in [2.45, 2.75) is 64.1 Å². The molecule has 4 atom stereocenters. The Morgan fingerprint density at radius 3 is 2.84 bits per heavy atom. The first kappa shape index (κ1) is 16.7. The minimum absolute atomic E-state index is 0. The lowest BCUT2D eigenvalue weighted by molar-refractivity contribution is -0.138. The van der Waals surface area contributed by atoms with Crippen LogP contribution in [0.25, 0.3) is 0 Å². The van der Waals surface area contributed by atoms with Crippen molar-refractivity contribution in [1.82, 2.24) is 10.2 Å². The fourth-order valence-electron chi connectivity index (χ4n) is 3.36. The Morgan fingerprint density at radius 1 is 1.47 bits per heavy atom. The van der Waals surface area contributed by atoms with Crippen molar-refractivity contribution in [3.05, 3.63) is 0 Å². The van der Waals surface area contributed by atoms with E-state index in [4.69, 9.17) is 0 Å². The molecule has 2 fully saturated rings. The van der Waals surface area contributed by atoms with Gasteiger partial charge in [0.05, 0.1) is 6.10 Å². The Labute approximate surface area is 122 Å². The van der Waals surface area contributed by atoms with E-state index in [0.29, 0.717) is 11.9 Å². The van der Waals surface area contributed by atoms with E-state index in [1.54, 1.807) is 0 Å². The van der Waals surface area contributed by atoms with Crippen molar-refractivity contribution in [3.8, 4) is 0 Å². The normalized spacial score (nSPS) is 32.8. The second kappa shape index (κ2) is 7.46. The molecule has 0 aromatic carbocycles. The number of nitrogens with zero attached hydrogens (tertiary/aromatic N) is 1. The van der Waals surface area contributed by atoms with Gasteiger partial charge in [-0.1, -0.05) is 0 Å². The summed E-state index contributed by atoms with van der Waals surface area (Å²) >= 11 is 0. The average molecular weight is 291 g/mol. The van der Waals surface area contributed by atoms with Crippen molar-refractivity contribution < 1.29 is 9.90 Å². The van der Waals surface area contributed by atoms with Crippen molar-refractivity contribution in [1.29, 1.82) is 0 Å². The summed E-state index contributed by atoms with van der Waals surface area (Å²) in [7, 11) is 0. The quantitative estimate of drug-likeness (QED) is 0.829. The molecule has 0 saturated carbocycles. The van der Waals surface area contributed by atoms with E-state index in [9.17, 15) is 9.90 Å². The average Bonchev–Trinajstić information content (AvgIpc) is 2.75. The first-order valence-corrected chi connectivity index (χ1v) is 7.30. The third-order valence-corrected chi connectivity index (χ3v) is 4.25. The molecule has 2 N–H and O–H groups in total. The molecule has 1 amide bonds. The molecule has 0 aliphatic carbocycles. The van der Waals surface area contributed by atoms with Crippen LogP contribution >= 0.6 is 12.4 Å². The van der Waals surface area contributed by atoms with Crippen molar-refractivity contribution in [3.63, 3.8) is 0 Å². The molecule has 5 heteroatoms. The summed E-state index contributed by atoms with van der Waals surface area (Å²) in [5.41, 5.74) is 0. The third kappa shape index (κ3) is 4.33. The summed E-state index contributed by atoms with van der Waals surface area (Å²) in [5, 5.41) is 12.9. The van der Waals surface area contributed by atoms with Gasteiger partial charge in [-0.25, -0.2) is 0 Å². The molecule has 4 nitrogen and oxygen atoms in total. The fraction of sp³-hybridized carbons (Fsp3) is 0.929. The summed E-state index contributed by atoms with van der Waals surface area (Å²) in [6.07, 6.45) is 4.47. The molecule has 0 aromatic rings. The molecule has 2 rings (SSSR count). The number of carbonyl (C=O) groups excluding carboxylic acids is 1. The van der Waals surface area contributed by atoms with Gasteiger partial charge in [0.15, 0.2) is 0 Å². The zero-order valence-corrected chi connectivity index (χ0v) is 12.8. The van der Waals surface area contributed by atoms with E-state index in [1.165, 1.54) is 0 Å². The predicted octanol–water partition coefficient (Wildman–Crippen LogP) is 1.56. The molecule has 2 unspecified atom stereocenters. The van der Waals surface area contributed by atoms with Gasteiger partial charge in [-0.05, 0) is 52.5 Å². The highest BCUT2D eigenvalue weighted by Gasteiger charge is 2.34. The van der Waals surface area contributed by atoms with Gasteiger partial charge in [0.1, 0.15) is 0 Å². The second-order valence-corrected chi connectivity index (χ2v) is 5.99. The van der Waals surface area contributed by atoms with Gasteiger partial charge in [0.25, 0.3) is 0 Å². The number of nitrogens with one attached hydrogen (secondary N) is 1. The zero-order valence-electron chi connectivity index (χ0n) is 12.0. The summed E-state index contributed by atoms with van der Waals surface area (Å²) in [5.74, 6) is 0.516. The van der Waals surface area contributed by atoms with E-state index < -0.39 is 0 Å². The van der Waals surface area contributed by atoms with E-state index in [1.807, 2.05) is 11.8 Å². The molecule has 2 aliphatic heterocycles. The molecule has 112 valence electrons. The predicted molar refractivity (Wildman–Crippen MR) is 78.5 cm³/mol. The van der Waals surface area contributed by atoms with Gasteiger partial charge >= 0.3 is 0 Å². The minimum atomic E-state index is -0.310. The maximum absolute atomic E-state index is 12.6. The number of hydrogen-bond acceptors (Lipinski definition) is 3. The number of halogens is 1. The van der Waals surface area contributed by atoms with Crippen molar-refractivity contribution in [2.75, 3.05) is 13.1 Å². The molecular weight excluding hydrogens is 264 g/mol. The van der Waals surface area contributed by atoms with Crippen LogP contribution in [0.5, 0.6) is 0 Å². The lowest BCUT2D eigenvalue weighted by Crippen LogP contribution is -2.46. The lowest BCUT2D eigenvalue weighted by atomic mass is 9.91. The van der Waals surface area contributed by atoms with Crippen molar-refractivity contribution in [2.24, 2.45) is 5.92 Å². The van der Waals surface area contributed by atoms with E-state index in [-0.39, 0.29) is 30.5 Å². The molecule has 0 aromatic heterocycles. The first-order chi connectivity index (χ1) is 8.58. The number of piperidine rings is 1. The number of amides is 1. The number of rotatable bonds is 3. The summed E-state index contributed by atoms with van der Waals surface area (Å²) in [4.78, 5) is 14.6. The minimum Gasteiger partial charge on any atom is -0.393 e. The Balaban J connectivity index is 0.00000180. The highest BCUT2D eigenvalue weighted by atomic mass is 35.5. The molecule has 2 aliphatic rings. The van der Waals surface area contributed by atoms with Crippen LogP contribution in [0, 0.1) is 5.92 Å². The number of aliphatic hydroxyl groups excluding tert-OH is 1. The van der Waals surface area contributed by atoms with Crippen LogP contribution in [0.4, 0.5) is 0 Å². The number of carbonyl (C=O) groups is 1. The molecule has 2 heterocycles. The van der Waals surface area contributed by atoms with Crippen LogP contribution in [0.1, 0.15) is 46.0 Å². The molecule has 0 radical (unpaired) electrons. The number of likely N-dealkylation sites (tertiary alicyclic amines) is 1. The first-order valence-electron chi connectivity index (χ1n) is 7.30. The number of hydrogen-bond donors (Lipinski definition) is 2. The fourth-order valence-corrected chi connectivity index (χ4v) is 3.36. The third-order valence-electron chi connectivity index (χ3n) is 4.25. The largest absolute Gasteiger partial charge is 0.393 e. The summed E-state index contributed by atoms with van der Waals surface area (Å²) in [6.45, 7) is 5.80. The molecular formula is C14H27ClN2O2. The summed E-state index contributed by atoms with van der Waals surface area (Å²) < 4.78 is 0. The van der Waals surface area contributed by atoms with Gasteiger partial charge in [0.2, 0.25) is 5.91 Å². The Kier molecular flexibility index (Phi) is 6.57. The maximum Gasteiger partial charge on any atom is 0.226 e. The van der Waals surface area contributed by atoms with E-state index in [0.717, 1.165) is 45.2 Å². The van der Waals surface area contributed by atoms with Gasteiger partial charge in [-0.3, -0.25) is 4.79 Å². The topological polar surface area (TPSA) is 52.6 Å². The van der Waals surface area contributed by atoms with Gasteiger partial charge in [0, 0.05) is 24.5 Å². The van der Waals surface area contributed by atoms with Crippen LogP contribution in [0.15, 0.2) is 0 Å². The standard InChI is InChI=1S/C14H26N2O2.ClH/c1-10-8-12(5-6-15-10)14(18)16-7-3-4-13(16)9-11(2)17;/h10-13,15,17H,3-9H2,1-2H3;1H/t10-,11?,12-,13?;/m0./s1. The SMILES string of the molecule is CC(O)CC1CCCN1C(=O)[C@H]1CCN[C@@H](C)C1.Cl. The van der Waals surface area contributed by atoms with Crippen LogP contribution in [0.3, 0.4) is 0 Å². The second-order valence-electron chi connectivity index (χ2n) is 5.99. The van der Waals surface area contributed by atoms with Crippen molar-refractivity contribution >= 4 is 18.3 Å². The zero-order chi connectivity index (χ0) is 13.1. The van der Waals surface area contributed by atoms with Crippen LogP contribution in [-0.4, -0.2) is 47.2 Å². The maximum atomic E-state index is 12.6. The van der Waals surface area contributed by atoms with Gasteiger partial charge < -0.3 is 15.3 Å². The smallest absolute Gasteiger partial charge is 0.226 e. The Hall–Kier alpha value is -0.320. The molecule has 19 heavy (non-hydrogen) atoms. The van der Waals surface area contributed by atoms with Gasteiger partial charge in [-0.2, -0.15) is 0 Å². The van der Waals surface area contributed by atoms with Crippen LogP contribution in [0.2, 0.25) is 0 Å². The van der Waals surface area contributed by atoms with Gasteiger partial charge in [-0.15, -0.1) is 12.4 Å². The monoisotopic (exact) mass is 290 g/mol. The highest BCUT2D eigenvalue weighted by molar-refractivity contribution is 5.85. The van der Waals surface area contributed by atoms with Crippen LogP contribution < -0.4 is 5.32 Å². The lowest BCUT2D eigenvalue weighted by Gasteiger charge is -2.33. The van der Waals surface area contributed by atoms with E-state index in [2.05, 4.69) is 12.2 Å². The molecule has 2 saturated heterocycles. The highest BCUT2D eigenvalue weighted by Crippen LogP contribution is 2.27. The van der Waals surface area contributed by atoms with Crippen LogP contribution in [-0.2, 0) is 4.79 Å². The van der Waals surface area contributed by atoms with E-state index >= 15 is 0 Å². The summed E-state index contributed by atoms with van der Waals surface area (Å²) in [6, 6.07) is 0.716. The Morgan fingerprint density at radius 2 is 2.21 bits per heavy atom.